The van der Waals surface area contributed by atoms with Crippen molar-refractivity contribution in [2.75, 3.05) is 33.8 Å². The Morgan fingerprint density at radius 2 is 1.72 bits per heavy atom. The Hall–Kier alpha value is -1.31. The van der Waals surface area contributed by atoms with Crippen molar-refractivity contribution in [3.8, 4) is 0 Å². The van der Waals surface area contributed by atoms with Crippen LogP contribution in [0, 0.1) is 0 Å². The third-order valence-corrected chi connectivity index (χ3v) is 2.10. The van der Waals surface area contributed by atoms with Crippen LogP contribution in [0.5, 0.6) is 0 Å². The van der Waals surface area contributed by atoms with Gasteiger partial charge in [-0.05, 0) is 6.42 Å². The van der Waals surface area contributed by atoms with Gasteiger partial charge in [0.1, 0.15) is 13.1 Å². The first kappa shape index (κ1) is 16.7. The minimum Gasteiger partial charge on any atom is -0.396 e. The van der Waals surface area contributed by atoms with Crippen molar-refractivity contribution >= 4 is 11.8 Å². The molecule has 0 aromatic rings. The Labute approximate surface area is 103 Å². The molecule has 5 nitrogen and oxygen atoms in total. The molecule has 0 saturated carbocycles. The predicted octanol–water partition coefficient (Wildman–Crippen LogP) is 0.238. The quantitative estimate of drug-likeness (QED) is 0.752. The molecule has 1 N–H and O–H groups in total. The summed E-state index contributed by atoms with van der Waals surface area (Å²) >= 11 is 0. The molecule has 0 aliphatic heterocycles. The van der Waals surface area contributed by atoms with Gasteiger partial charge in [0.15, 0.2) is 0 Å². The van der Waals surface area contributed by atoms with E-state index in [0.717, 1.165) is 4.90 Å². The van der Waals surface area contributed by atoms with Gasteiger partial charge in [-0.25, -0.2) is 0 Å². The van der Waals surface area contributed by atoms with Gasteiger partial charge in [-0.3, -0.25) is 9.59 Å². The Kier molecular flexibility index (Phi) is 6.67. The number of nitrogens with zero attached hydrogens (tertiary/aromatic N) is 2. The van der Waals surface area contributed by atoms with Crippen LogP contribution in [-0.2, 0) is 9.59 Å². The lowest BCUT2D eigenvalue weighted by molar-refractivity contribution is -0.164. The van der Waals surface area contributed by atoms with Crippen molar-refractivity contribution in [3.05, 3.63) is 0 Å². The second-order valence-electron chi connectivity index (χ2n) is 3.98. The molecule has 0 saturated heterocycles. The van der Waals surface area contributed by atoms with Crippen LogP contribution in [0.15, 0.2) is 0 Å². The van der Waals surface area contributed by atoms with Crippen molar-refractivity contribution in [1.29, 1.82) is 0 Å². The van der Waals surface area contributed by atoms with Crippen LogP contribution in [0.25, 0.3) is 0 Å². The highest BCUT2D eigenvalue weighted by atomic mass is 19.4. The number of alkyl halides is 3. The number of carbonyl (C=O) groups is 2. The fourth-order valence-corrected chi connectivity index (χ4v) is 1.14. The van der Waals surface area contributed by atoms with Crippen LogP contribution < -0.4 is 0 Å². The number of likely N-dealkylation sites (N-methyl/N-ethyl adjacent to an activating group) is 1. The molecule has 106 valence electrons. The lowest BCUT2D eigenvalue weighted by atomic mass is 10.2. The number of hydrogen-bond acceptors (Lipinski definition) is 3. The van der Waals surface area contributed by atoms with E-state index in [9.17, 15) is 22.8 Å². The standard InChI is InChI=1S/C10H17F3N2O3/c1-14(2)9(18)6-15(7-10(11,12)13)8(17)4-3-5-16/h16H,3-7H2,1-2H3. The third-order valence-electron chi connectivity index (χ3n) is 2.10. The van der Waals surface area contributed by atoms with E-state index < -0.39 is 31.1 Å². The summed E-state index contributed by atoms with van der Waals surface area (Å²) in [5.41, 5.74) is 0. The maximum atomic E-state index is 12.3. The summed E-state index contributed by atoms with van der Waals surface area (Å²) in [4.78, 5) is 24.4. The molecule has 0 unspecified atom stereocenters. The summed E-state index contributed by atoms with van der Waals surface area (Å²) in [6.45, 7) is -2.36. The van der Waals surface area contributed by atoms with Crippen LogP contribution >= 0.6 is 0 Å². The maximum absolute atomic E-state index is 12.3. The van der Waals surface area contributed by atoms with Crippen LogP contribution in [0.4, 0.5) is 13.2 Å². The molecular formula is C10H17F3N2O3. The Morgan fingerprint density at radius 3 is 2.11 bits per heavy atom. The maximum Gasteiger partial charge on any atom is 0.406 e. The van der Waals surface area contributed by atoms with Crippen molar-refractivity contribution in [2.24, 2.45) is 0 Å². The minimum atomic E-state index is -4.55. The number of aliphatic hydroxyl groups is 1. The SMILES string of the molecule is CN(C)C(=O)CN(CC(F)(F)F)C(=O)CCCO. The van der Waals surface area contributed by atoms with Crippen LogP contribution in [0.3, 0.4) is 0 Å². The van der Waals surface area contributed by atoms with Crippen molar-refractivity contribution in [1.82, 2.24) is 9.80 Å². The van der Waals surface area contributed by atoms with Crippen LogP contribution in [0.1, 0.15) is 12.8 Å². The first-order valence-electron chi connectivity index (χ1n) is 5.33. The summed E-state index contributed by atoms with van der Waals surface area (Å²) in [5.74, 6) is -1.38. The molecule has 0 aliphatic rings. The lowest BCUT2D eigenvalue weighted by Crippen LogP contribution is -2.44. The van der Waals surface area contributed by atoms with E-state index in [1.165, 1.54) is 14.1 Å². The van der Waals surface area contributed by atoms with Crippen LogP contribution in [0.2, 0.25) is 0 Å². The van der Waals surface area contributed by atoms with Gasteiger partial charge in [0.05, 0.1) is 0 Å². The van der Waals surface area contributed by atoms with E-state index in [1.807, 2.05) is 0 Å². The molecule has 0 fully saturated rings. The number of halogens is 3. The van der Waals surface area contributed by atoms with Crippen molar-refractivity contribution < 1.29 is 27.9 Å². The molecule has 0 radical (unpaired) electrons. The Balaban J connectivity index is 4.61. The smallest absolute Gasteiger partial charge is 0.396 e. The molecular weight excluding hydrogens is 253 g/mol. The molecule has 18 heavy (non-hydrogen) atoms. The molecule has 0 heterocycles. The average molecular weight is 270 g/mol. The van der Waals surface area contributed by atoms with Gasteiger partial charge in [0, 0.05) is 27.1 Å². The third kappa shape index (κ3) is 7.10. The van der Waals surface area contributed by atoms with E-state index in [1.54, 1.807) is 0 Å². The van der Waals surface area contributed by atoms with Gasteiger partial charge in [-0.2, -0.15) is 13.2 Å². The zero-order valence-corrected chi connectivity index (χ0v) is 10.3. The van der Waals surface area contributed by atoms with Gasteiger partial charge in [-0.15, -0.1) is 0 Å². The van der Waals surface area contributed by atoms with Gasteiger partial charge < -0.3 is 14.9 Å². The highest BCUT2D eigenvalue weighted by Crippen LogP contribution is 2.17. The molecule has 0 rings (SSSR count). The zero-order valence-electron chi connectivity index (χ0n) is 10.3. The summed E-state index contributed by atoms with van der Waals surface area (Å²) in [6, 6.07) is 0. The van der Waals surface area contributed by atoms with Gasteiger partial charge in [-0.1, -0.05) is 0 Å². The summed E-state index contributed by atoms with van der Waals surface area (Å²) in [7, 11) is 2.79. The number of aliphatic hydroxyl groups excluding tert-OH is 1. The van der Waals surface area contributed by atoms with Gasteiger partial charge >= 0.3 is 6.18 Å². The number of carbonyl (C=O) groups excluding carboxylic acids is 2. The number of rotatable bonds is 6. The second kappa shape index (κ2) is 7.20. The molecule has 8 heteroatoms. The fourth-order valence-electron chi connectivity index (χ4n) is 1.14. The number of amides is 2. The minimum absolute atomic E-state index is 0.0728. The molecule has 0 aromatic carbocycles. The average Bonchev–Trinajstić information content (AvgIpc) is 2.22. The van der Waals surface area contributed by atoms with E-state index >= 15 is 0 Å². The van der Waals surface area contributed by atoms with Gasteiger partial charge in [0.2, 0.25) is 11.8 Å². The largest absolute Gasteiger partial charge is 0.406 e. The van der Waals surface area contributed by atoms with Gasteiger partial charge in [0.25, 0.3) is 0 Å². The first-order valence-corrected chi connectivity index (χ1v) is 5.33. The Morgan fingerprint density at radius 1 is 1.17 bits per heavy atom. The molecule has 2 amide bonds. The zero-order chi connectivity index (χ0) is 14.3. The van der Waals surface area contributed by atoms with Crippen molar-refractivity contribution in [2.45, 2.75) is 19.0 Å². The normalized spacial score (nSPS) is 11.2. The molecule has 0 bridgehead atoms. The van der Waals surface area contributed by atoms with Crippen LogP contribution in [-0.4, -0.2) is 66.7 Å². The topological polar surface area (TPSA) is 60.9 Å². The van der Waals surface area contributed by atoms with E-state index in [-0.39, 0.29) is 19.4 Å². The van der Waals surface area contributed by atoms with E-state index in [2.05, 4.69) is 0 Å². The fraction of sp³-hybridized carbons (Fsp3) is 0.800. The summed E-state index contributed by atoms with van der Waals surface area (Å²) in [5, 5.41) is 8.53. The summed E-state index contributed by atoms with van der Waals surface area (Å²) in [6.07, 6.45) is -4.70. The lowest BCUT2D eigenvalue weighted by Gasteiger charge is -2.24. The Bertz CT molecular complexity index is 293. The highest BCUT2D eigenvalue weighted by Gasteiger charge is 2.33. The van der Waals surface area contributed by atoms with E-state index in [0.29, 0.717) is 4.90 Å². The monoisotopic (exact) mass is 270 g/mol. The highest BCUT2D eigenvalue weighted by molar-refractivity contribution is 5.84. The van der Waals surface area contributed by atoms with Crippen molar-refractivity contribution in [3.63, 3.8) is 0 Å². The molecule has 0 aliphatic carbocycles. The molecule has 0 aromatic heterocycles. The summed E-state index contributed by atoms with van der Waals surface area (Å²) < 4.78 is 36.8. The predicted molar refractivity (Wildman–Crippen MR) is 57.6 cm³/mol. The molecule has 0 atom stereocenters. The number of hydrogen-bond donors (Lipinski definition) is 1. The molecule has 0 spiro atoms. The van der Waals surface area contributed by atoms with E-state index in [4.69, 9.17) is 5.11 Å². The first-order chi connectivity index (χ1) is 8.17. The second-order valence-corrected chi connectivity index (χ2v) is 3.98.